The van der Waals surface area contributed by atoms with E-state index in [4.69, 9.17) is 29.3 Å². The van der Waals surface area contributed by atoms with Crippen LogP contribution in [-0.2, 0) is 10.3 Å². The quantitative estimate of drug-likeness (QED) is 0.650. The Labute approximate surface area is 138 Å². The van der Waals surface area contributed by atoms with Gasteiger partial charge in [0.2, 0.25) is 0 Å². The Kier molecular flexibility index (Phi) is 3.82. The third kappa shape index (κ3) is 2.92. The Bertz CT molecular complexity index is 714. The first-order chi connectivity index (χ1) is 10.9. The molecule has 0 unspecified atom stereocenters. The Morgan fingerprint density at radius 1 is 1.61 bits per heavy atom. The molecular formula is C15H15FN4O2S. The number of carbonyl (C=O) groups is 1. The number of cyclic esters (lactones) is 1. The van der Waals surface area contributed by atoms with Gasteiger partial charge in [0.15, 0.2) is 5.11 Å². The minimum atomic E-state index is -0.711. The van der Waals surface area contributed by atoms with Crippen LogP contribution in [0.25, 0.3) is 4.85 Å². The zero-order valence-electron chi connectivity index (χ0n) is 12.2. The molecule has 0 bridgehead atoms. The topological polar surface area (TPSA) is 71.9 Å². The number of anilines is 1. The third-order valence-corrected chi connectivity index (χ3v) is 4.23. The number of benzene rings is 1. The summed E-state index contributed by atoms with van der Waals surface area (Å²) in [7, 11) is 0. The molecule has 1 aliphatic heterocycles. The predicted octanol–water partition coefficient (Wildman–Crippen LogP) is 1.89. The second-order valence-corrected chi connectivity index (χ2v) is 6.11. The van der Waals surface area contributed by atoms with Crippen LogP contribution >= 0.6 is 12.2 Å². The monoisotopic (exact) mass is 334 g/mol. The molecule has 1 amide bonds. The van der Waals surface area contributed by atoms with E-state index < -0.39 is 23.6 Å². The Hall–Kier alpha value is -2.40. The van der Waals surface area contributed by atoms with Crippen molar-refractivity contribution in [1.29, 1.82) is 0 Å². The highest BCUT2D eigenvalue weighted by molar-refractivity contribution is 7.80. The molecule has 23 heavy (non-hydrogen) atoms. The molecule has 1 aromatic rings. The van der Waals surface area contributed by atoms with Crippen LogP contribution in [0.5, 0.6) is 0 Å². The van der Waals surface area contributed by atoms with Crippen molar-refractivity contribution >= 4 is 29.1 Å². The largest absolute Gasteiger partial charge is 0.442 e. The van der Waals surface area contributed by atoms with Gasteiger partial charge >= 0.3 is 6.09 Å². The van der Waals surface area contributed by atoms with Gasteiger partial charge in [0.1, 0.15) is 11.9 Å². The van der Waals surface area contributed by atoms with Crippen LogP contribution in [0, 0.1) is 12.4 Å². The van der Waals surface area contributed by atoms with E-state index in [1.165, 1.54) is 11.0 Å². The summed E-state index contributed by atoms with van der Waals surface area (Å²) in [5.74, 6) is -0.464. The Morgan fingerprint density at radius 3 is 2.91 bits per heavy atom. The lowest BCUT2D eigenvalue weighted by Crippen LogP contribution is -2.37. The van der Waals surface area contributed by atoms with E-state index in [1.54, 1.807) is 12.1 Å². The highest BCUT2D eigenvalue weighted by Gasteiger charge is 2.54. The first-order valence-electron chi connectivity index (χ1n) is 7.15. The third-order valence-electron chi connectivity index (χ3n) is 4.08. The molecule has 3 rings (SSSR count). The number of halogens is 1. The van der Waals surface area contributed by atoms with E-state index in [-0.39, 0.29) is 11.7 Å². The standard InChI is InChI=1S/C15H15FN4O2S/c1-18-15(4-5-15)11-3-2-9(6-12(11)16)20-8-10(22-14(20)21)7-19-13(17)23/h2-3,6,10H,4-5,7-8H2,(H3,17,19,23)/t10-/m0/s1. The summed E-state index contributed by atoms with van der Waals surface area (Å²) in [6.07, 6.45) is 0.388. The summed E-state index contributed by atoms with van der Waals surface area (Å²) in [5, 5.41) is 2.86. The summed E-state index contributed by atoms with van der Waals surface area (Å²) >= 11 is 4.70. The normalized spacial score (nSPS) is 21.5. The van der Waals surface area contributed by atoms with Crippen molar-refractivity contribution in [3.63, 3.8) is 0 Å². The number of nitrogens with zero attached hydrogens (tertiary/aromatic N) is 2. The van der Waals surface area contributed by atoms with Gasteiger partial charge in [-0.3, -0.25) is 4.90 Å². The van der Waals surface area contributed by atoms with Gasteiger partial charge in [-0.15, -0.1) is 0 Å². The van der Waals surface area contributed by atoms with Gasteiger partial charge in [0.25, 0.3) is 5.54 Å². The lowest BCUT2D eigenvalue weighted by Gasteiger charge is -2.14. The molecule has 0 radical (unpaired) electrons. The molecule has 1 heterocycles. The second-order valence-electron chi connectivity index (χ2n) is 5.67. The first kappa shape index (κ1) is 15.5. The summed E-state index contributed by atoms with van der Waals surface area (Å²) in [6.45, 7) is 7.79. The molecular weight excluding hydrogens is 319 g/mol. The van der Waals surface area contributed by atoms with Gasteiger partial charge < -0.3 is 20.6 Å². The number of nitrogens with two attached hydrogens (primary N) is 1. The number of thiocarbonyl (C=S) groups is 1. The van der Waals surface area contributed by atoms with Gasteiger partial charge in [0, 0.05) is 12.8 Å². The molecule has 6 nitrogen and oxygen atoms in total. The minimum absolute atomic E-state index is 0.128. The maximum Gasteiger partial charge on any atom is 0.414 e. The van der Waals surface area contributed by atoms with E-state index >= 15 is 0 Å². The Balaban J connectivity index is 1.75. The van der Waals surface area contributed by atoms with E-state index in [0.717, 1.165) is 0 Å². The average molecular weight is 334 g/mol. The fourth-order valence-corrected chi connectivity index (χ4v) is 2.75. The summed E-state index contributed by atoms with van der Waals surface area (Å²) in [5.41, 5.74) is 5.44. The molecule has 1 aromatic carbocycles. The summed E-state index contributed by atoms with van der Waals surface area (Å²) < 4.78 is 19.5. The van der Waals surface area contributed by atoms with Gasteiger partial charge in [-0.25, -0.2) is 15.8 Å². The molecule has 8 heteroatoms. The molecule has 1 saturated carbocycles. The fraction of sp³-hybridized carbons (Fsp3) is 0.400. The highest BCUT2D eigenvalue weighted by Crippen LogP contribution is 2.50. The van der Waals surface area contributed by atoms with Crippen LogP contribution in [-0.4, -0.2) is 30.4 Å². The van der Waals surface area contributed by atoms with Crippen LogP contribution in [0.4, 0.5) is 14.9 Å². The molecule has 2 fully saturated rings. The molecule has 3 N–H and O–H groups in total. The molecule has 2 aliphatic rings. The summed E-state index contributed by atoms with van der Waals surface area (Å²) in [6, 6.07) is 4.52. The van der Waals surface area contributed by atoms with Crippen molar-refractivity contribution in [1.82, 2.24) is 5.32 Å². The van der Waals surface area contributed by atoms with Gasteiger partial charge in [-0.05, 0) is 30.4 Å². The van der Waals surface area contributed by atoms with Gasteiger partial charge in [-0.1, -0.05) is 0 Å². The Morgan fingerprint density at radius 2 is 2.35 bits per heavy atom. The SMILES string of the molecule is [C-]#[N+]C1(c2ccc(N3C[C@H](CNC(N)=S)OC3=O)cc2F)CC1. The van der Waals surface area contributed by atoms with Crippen molar-refractivity contribution in [2.24, 2.45) is 5.73 Å². The predicted molar refractivity (Wildman–Crippen MR) is 86.3 cm³/mol. The molecule has 0 aromatic heterocycles. The van der Waals surface area contributed by atoms with Gasteiger partial charge in [-0.2, -0.15) is 0 Å². The lowest BCUT2D eigenvalue weighted by molar-refractivity contribution is 0.143. The molecule has 0 spiro atoms. The zero-order chi connectivity index (χ0) is 16.6. The number of amides is 1. The zero-order valence-corrected chi connectivity index (χ0v) is 13.0. The van der Waals surface area contributed by atoms with Crippen molar-refractivity contribution < 1.29 is 13.9 Å². The average Bonchev–Trinajstić information content (AvgIpc) is 3.22. The first-order valence-corrected chi connectivity index (χ1v) is 7.56. The van der Waals surface area contributed by atoms with Crippen LogP contribution in [0.15, 0.2) is 18.2 Å². The summed E-state index contributed by atoms with van der Waals surface area (Å²) in [4.78, 5) is 16.8. The van der Waals surface area contributed by atoms with Crippen molar-refractivity contribution in [3.05, 3.63) is 41.0 Å². The number of ether oxygens (including phenoxy) is 1. The minimum Gasteiger partial charge on any atom is -0.442 e. The molecule has 1 aliphatic carbocycles. The maximum atomic E-state index is 14.3. The fourth-order valence-electron chi connectivity index (χ4n) is 2.66. The number of hydrogen-bond acceptors (Lipinski definition) is 3. The van der Waals surface area contributed by atoms with Crippen molar-refractivity contribution in [3.8, 4) is 0 Å². The van der Waals surface area contributed by atoms with Gasteiger partial charge in [0.05, 0.1) is 24.3 Å². The number of carbonyl (C=O) groups excluding carboxylic acids is 1. The smallest absolute Gasteiger partial charge is 0.414 e. The van der Waals surface area contributed by atoms with E-state index in [2.05, 4.69) is 10.2 Å². The van der Waals surface area contributed by atoms with Crippen LogP contribution in [0.3, 0.4) is 0 Å². The van der Waals surface area contributed by atoms with Crippen molar-refractivity contribution in [2.45, 2.75) is 24.5 Å². The van der Waals surface area contributed by atoms with Crippen molar-refractivity contribution in [2.75, 3.05) is 18.0 Å². The van der Waals surface area contributed by atoms with E-state index in [1.807, 2.05) is 0 Å². The van der Waals surface area contributed by atoms with Crippen LogP contribution in [0.2, 0.25) is 0 Å². The number of hydrogen-bond donors (Lipinski definition) is 2. The number of rotatable bonds is 4. The molecule has 1 atom stereocenters. The van der Waals surface area contributed by atoms with Crippen LogP contribution in [0.1, 0.15) is 18.4 Å². The maximum absolute atomic E-state index is 14.3. The molecule has 1 saturated heterocycles. The lowest BCUT2D eigenvalue weighted by atomic mass is 10.0. The van der Waals surface area contributed by atoms with Crippen LogP contribution < -0.4 is 16.0 Å². The highest BCUT2D eigenvalue weighted by atomic mass is 32.1. The second kappa shape index (κ2) is 5.66. The van der Waals surface area contributed by atoms with E-state index in [9.17, 15) is 9.18 Å². The van der Waals surface area contributed by atoms with E-state index in [0.29, 0.717) is 30.6 Å². The number of nitrogens with one attached hydrogen (secondary N) is 1. The molecule has 120 valence electrons.